The number of rotatable bonds is 8. The van der Waals surface area contributed by atoms with Gasteiger partial charge in [-0.15, -0.1) is 0 Å². The van der Waals surface area contributed by atoms with Crippen molar-refractivity contribution in [2.75, 3.05) is 74.8 Å². The predicted molar refractivity (Wildman–Crippen MR) is 176 cm³/mol. The lowest BCUT2D eigenvalue weighted by Gasteiger charge is -2.31. The van der Waals surface area contributed by atoms with Crippen LogP contribution < -0.4 is 15.1 Å². The molecule has 2 saturated heterocycles. The van der Waals surface area contributed by atoms with Crippen LogP contribution in [0.3, 0.4) is 0 Å². The molecule has 0 unspecified atom stereocenters. The van der Waals surface area contributed by atoms with Gasteiger partial charge in [-0.3, -0.25) is 9.69 Å². The van der Waals surface area contributed by atoms with Gasteiger partial charge in [-0.25, -0.2) is 0 Å². The summed E-state index contributed by atoms with van der Waals surface area (Å²) in [7, 11) is 2.19. The molecule has 1 amide bonds. The van der Waals surface area contributed by atoms with Crippen LogP contribution in [0.5, 0.6) is 0 Å². The van der Waals surface area contributed by atoms with Crippen LogP contribution in [0.4, 0.5) is 17.1 Å². The van der Waals surface area contributed by atoms with E-state index in [1.807, 2.05) is 12.1 Å². The Morgan fingerprint density at radius 3 is 2.30 bits per heavy atom. The number of anilines is 3. The third kappa shape index (κ3) is 7.12. The lowest BCUT2D eigenvalue weighted by atomic mass is 9.99. The van der Waals surface area contributed by atoms with Crippen LogP contribution in [-0.2, 0) is 20.8 Å². The highest BCUT2D eigenvalue weighted by Crippen LogP contribution is 2.33. The Morgan fingerprint density at radius 2 is 1.58 bits per heavy atom. The van der Waals surface area contributed by atoms with Gasteiger partial charge in [-0.1, -0.05) is 30.3 Å². The Morgan fingerprint density at radius 1 is 0.884 bits per heavy atom. The second kappa shape index (κ2) is 13.8. The largest absolute Gasteiger partial charge is 0.381 e. The first kappa shape index (κ1) is 29.4. The first-order chi connectivity index (χ1) is 21.1. The van der Waals surface area contributed by atoms with Crippen molar-refractivity contribution in [2.45, 2.75) is 38.8 Å². The first-order valence-electron chi connectivity index (χ1n) is 15.8. The Labute approximate surface area is 256 Å². The van der Waals surface area contributed by atoms with Crippen LogP contribution >= 0.6 is 0 Å². The van der Waals surface area contributed by atoms with Crippen molar-refractivity contribution in [1.82, 2.24) is 4.90 Å². The minimum Gasteiger partial charge on any atom is -0.381 e. The van der Waals surface area contributed by atoms with E-state index in [-0.39, 0.29) is 5.91 Å². The normalized spacial score (nSPS) is 17.8. The van der Waals surface area contributed by atoms with Gasteiger partial charge in [-0.05, 0) is 98.0 Å². The maximum Gasteiger partial charge on any atom is 0.251 e. The summed E-state index contributed by atoms with van der Waals surface area (Å²) >= 11 is 0. The van der Waals surface area contributed by atoms with E-state index in [2.05, 4.69) is 94.7 Å². The van der Waals surface area contributed by atoms with Gasteiger partial charge in [-0.2, -0.15) is 0 Å². The highest BCUT2D eigenvalue weighted by molar-refractivity contribution is 6.07. The van der Waals surface area contributed by atoms with Gasteiger partial charge >= 0.3 is 0 Å². The number of morpholine rings is 1. The number of benzene rings is 3. The molecule has 6 rings (SSSR count). The van der Waals surface area contributed by atoms with Crippen molar-refractivity contribution < 1.29 is 14.3 Å². The molecule has 3 aliphatic rings. The van der Waals surface area contributed by atoms with E-state index < -0.39 is 0 Å². The number of hydrogen-bond acceptors (Lipinski definition) is 6. The number of hydrogen-bond donors (Lipinski definition) is 1. The zero-order valence-corrected chi connectivity index (χ0v) is 25.6. The second-order valence-electron chi connectivity index (χ2n) is 11.8. The smallest absolute Gasteiger partial charge is 0.251 e. The van der Waals surface area contributed by atoms with Crippen molar-refractivity contribution in [3.05, 3.63) is 83.4 Å². The fraction of sp³-hybridized carbons (Fsp3) is 0.417. The highest BCUT2D eigenvalue weighted by Gasteiger charge is 2.21. The van der Waals surface area contributed by atoms with Crippen LogP contribution in [0.2, 0.25) is 0 Å². The van der Waals surface area contributed by atoms with Crippen molar-refractivity contribution >= 4 is 29.0 Å². The molecule has 226 valence electrons. The standard InChI is InChI=1S/C36H44N4O3/c1-3-39-17-14-30(36(41)37-32-9-4-27(5-10-32)26-38(2)33-15-20-42-21-16-33)25-31-24-29(8-13-35(31)39)28-6-11-34(12-7-28)40-18-22-43-23-19-40/h4-13,24-25,33H,3,14-23,26H2,1-2H3,(H,37,41). The molecule has 0 aromatic heterocycles. The fourth-order valence-electron chi connectivity index (χ4n) is 6.42. The summed E-state index contributed by atoms with van der Waals surface area (Å²) < 4.78 is 11.0. The monoisotopic (exact) mass is 580 g/mol. The fourth-order valence-corrected chi connectivity index (χ4v) is 6.42. The van der Waals surface area contributed by atoms with Crippen LogP contribution in [0.25, 0.3) is 17.2 Å². The van der Waals surface area contributed by atoms with Gasteiger partial charge in [0.1, 0.15) is 0 Å². The second-order valence-corrected chi connectivity index (χ2v) is 11.8. The predicted octanol–water partition coefficient (Wildman–Crippen LogP) is 6.05. The van der Waals surface area contributed by atoms with E-state index in [1.165, 1.54) is 22.5 Å². The summed E-state index contributed by atoms with van der Waals surface area (Å²) in [4.78, 5) is 20.7. The first-order valence-corrected chi connectivity index (χ1v) is 15.8. The highest BCUT2D eigenvalue weighted by atomic mass is 16.5. The number of ether oxygens (including phenoxy) is 2. The Bertz CT molecular complexity index is 1410. The molecule has 0 spiro atoms. The Hall–Kier alpha value is -3.65. The molecule has 0 radical (unpaired) electrons. The van der Waals surface area contributed by atoms with E-state index in [0.717, 1.165) is 94.4 Å². The molecule has 0 saturated carbocycles. The average Bonchev–Trinajstić information content (AvgIpc) is 3.25. The summed E-state index contributed by atoms with van der Waals surface area (Å²) in [6, 6.07) is 24.3. The molecular weight excluding hydrogens is 536 g/mol. The Balaban J connectivity index is 1.15. The summed E-state index contributed by atoms with van der Waals surface area (Å²) in [5, 5.41) is 3.16. The third-order valence-corrected chi connectivity index (χ3v) is 9.06. The van der Waals surface area contributed by atoms with Crippen molar-refractivity contribution in [2.24, 2.45) is 0 Å². The minimum absolute atomic E-state index is 0.0313. The number of nitrogens with zero attached hydrogens (tertiary/aromatic N) is 3. The van der Waals surface area contributed by atoms with Crippen LogP contribution in [0.15, 0.2) is 72.3 Å². The molecule has 1 N–H and O–H groups in total. The number of nitrogens with one attached hydrogen (secondary N) is 1. The quantitative estimate of drug-likeness (QED) is 0.350. The SMILES string of the molecule is CCN1CCC(C(=O)Nc2ccc(CN(C)C3CCOCC3)cc2)=Cc2cc(-c3ccc(N4CCOCC4)cc3)ccc21. The minimum atomic E-state index is -0.0313. The molecule has 43 heavy (non-hydrogen) atoms. The van der Waals surface area contributed by atoms with Crippen molar-refractivity contribution in [3.63, 3.8) is 0 Å². The maximum atomic E-state index is 13.5. The van der Waals surface area contributed by atoms with E-state index in [0.29, 0.717) is 12.5 Å². The summed E-state index contributed by atoms with van der Waals surface area (Å²) in [5.41, 5.74) is 8.71. The summed E-state index contributed by atoms with van der Waals surface area (Å²) in [6.45, 7) is 9.89. The summed E-state index contributed by atoms with van der Waals surface area (Å²) in [6.07, 6.45) is 4.96. The molecule has 2 fully saturated rings. The van der Waals surface area contributed by atoms with E-state index in [4.69, 9.17) is 9.47 Å². The molecule has 3 aromatic rings. The number of fused-ring (bicyclic) bond motifs is 1. The van der Waals surface area contributed by atoms with E-state index in [1.54, 1.807) is 0 Å². The molecule has 3 aliphatic heterocycles. The van der Waals surface area contributed by atoms with Gasteiger partial charge in [0, 0.05) is 74.6 Å². The Kier molecular flexibility index (Phi) is 9.42. The van der Waals surface area contributed by atoms with Gasteiger partial charge in [0.15, 0.2) is 0 Å². The van der Waals surface area contributed by atoms with Gasteiger partial charge < -0.3 is 24.6 Å². The molecule has 3 aromatic carbocycles. The van der Waals surface area contributed by atoms with Gasteiger partial charge in [0.2, 0.25) is 0 Å². The lowest BCUT2D eigenvalue weighted by molar-refractivity contribution is -0.112. The van der Waals surface area contributed by atoms with Crippen molar-refractivity contribution in [3.8, 4) is 11.1 Å². The average molecular weight is 581 g/mol. The summed E-state index contributed by atoms with van der Waals surface area (Å²) in [5.74, 6) is -0.0313. The lowest BCUT2D eigenvalue weighted by Crippen LogP contribution is -2.36. The molecule has 3 heterocycles. The van der Waals surface area contributed by atoms with Crippen LogP contribution in [0, 0.1) is 0 Å². The number of amides is 1. The molecule has 0 aliphatic carbocycles. The molecule has 0 atom stereocenters. The molecular formula is C36H44N4O3. The van der Waals surface area contributed by atoms with Gasteiger partial charge in [0.25, 0.3) is 5.91 Å². The number of carbonyl (C=O) groups excluding carboxylic acids is 1. The zero-order valence-electron chi connectivity index (χ0n) is 25.6. The van der Waals surface area contributed by atoms with Crippen molar-refractivity contribution in [1.29, 1.82) is 0 Å². The molecule has 0 bridgehead atoms. The van der Waals surface area contributed by atoms with E-state index in [9.17, 15) is 4.79 Å². The van der Waals surface area contributed by atoms with Crippen LogP contribution in [0.1, 0.15) is 37.3 Å². The van der Waals surface area contributed by atoms with Crippen LogP contribution in [-0.4, -0.2) is 76.5 Å². The van der Waals surface area contributed by atoms with Gasteiger partial charge in [0.05, 0.1) is 13.2 Å². The maximum absolute atomic E-state index is 13.5. The molecule has 7 nitrogen and oxygen atoms in total. The third-order valence-electron chi connectivity index (χ3n) is 9.06. The number of carbonyl (C=O) groups is 1. The molecule has 7 heteroatoms. The zero-order chi connectivity index (χ0) is 29.6. The van der Waals surface area contributed by atoms with E-state index >= 15 is 0 Å². The topological polar surface area (TPSA) is 57.3 Å².